The van der Waals surface area contributed by atoms with Gasteiger partial charge in [0.15, 0.2) is 0 Å². The third-order valence-electron chi connectivity index (χ3n) is 6.24. The van der Waals surface area contributed by atoms with Gasteiger partial charge >= 0.3 is 0 Å². The van der Waals surface area contributed by atoms with Crippen LogP contribution in [-0.2, 0) is 21.4 Å². The summed E-state index contributed by atoms with van der Waals surface area (Å²) in [6, 6.07) is 13.3. The van der Waals surface area contributed by atoms with Crippen LogP contribution in [0.4, 0.5) is 0 Å². The lowest BCUT2D eigenvalue weighted by Crippen LogP contribution is -2.49. The molecule has 1 N–H and O–H groups in total. The smallest absolute Gasteiger partial charge is 0.250 e. The molecule has 2 fully saturated rings. The molecule has 1 aromatic carbocycles. The molecule has 2 aromatic rings. The van der Waals surface area contributed by atoms with Crippen LogP contribution in [0.3, 0.4) is 0 Å². The number of hydrogen-bond acceptors (Lipinski definition) is 4. The van der Waals surface area contributed by atoms with E-state index in [2.05, 4.69) is 16.9 Å². The van der Waals surface area contributed by atoms with Gasteiger partial charge in [-0.15, -0.1) is 11.3 Å². The molecular formula is C21H26ClNO3S2. The Morgan fingerprint density at radius 1 is 1.11 bits per heavy atom. The summed E-state index contributed by atoms with van der Waals surface area (Å²) in [6.45, 7) is 1.16. The van der Waals surface area contributed by atoms with Crippen LogP contribution in [0.5, 0.6) is 0 Å². The molecule has 1 heterocycles. The van der Waals surface area contributed by atoms with Crippen molar-refractivity contribution in [2.75, 3.05) is 6.61 Å². The Labute approximate surface area is 176 Å². The largest absolute Gasteiger partial charge is 0.376 e. The van der Waals surface area contributed by atoms with Crippen molar-refractivity contribution in [1.82, 2.24) is 4.72 Å². The van der Waals surface area contributed by atoms with E-state index in [-0.39, 0.29) is 11.5 Å². The van der Waals surface area contributed by atoms with Gasteiger partial charge in [-0.05, 0) is 49.3 Å². The maximum Gasteiger partial charge on any atom is 0.250 e. The predicted molar refractivity (Wildman–Crippen MR) is 113 cm³/mol. The van der Waals surface area contributed by atoms with Gasteiger partial charge in [0.1, 0.15) is 4.21 Å². The van der Waals surface area contributed by atoms with E-state index in [4.69, 9.17) is 16.3 Å². The van der Waals surface area contributed by atoms with Gasteiger partial charge in [-0.2, -0.15) is 0 Å². The normalized spacial score (nSPS) is 27.6. The van der Waals surface area contributed by atoms with E-state index in [1.54, 1.807) is 12.1 Å². The SMILES string of the molecule is O=S(=O)(NC1C2CCCCC1(COCc1ccccc1)CC2)c1ccc(Cl)s1. The minimum Gasteiger partial charge on any atom is -0.376 e. The minimum absolute atomic E-state index is 0.0725. The van der Waals surface area contributed by atoms with Crippen molar-refractivity contribution in [2.45, 2.75) is 55.4 Å². The molecule has 4 nitrogen and oxygen atoms in total. The highest BCUT2D eigenvalue weighted by Gasteiger charge is 2.50. The summed E-state index contributed by atoms with van der Waals surface area (Å²) < 4.78 is 35.9. The summed E-state index contributed by atoms with van der Waals surface area (Å²) in [5.74, 6) is 0.382. The quantitative estimate of drug-likeness (QED) is 0.642. The van der Waals surface area contributed by atoms with Crippen LogP contribution < -0.4 is 4.72 Å². The van der Waals surface area contributed by atoms with E-state index in [0.29, 0.717) is 27.7 Å². The summed E-state index contributed by atoms with van der Waals surface area (Å²) in [7, 11) is -3.57. The number of hydrogen-bond donors (Lipinski definition) is 1. The molecule has 0 saturated heterocycles. The number of fused-ring (bicyclic) bond motifs is 2. The minimum atomic E-state index is -3.57. The Bertz CT molecular complexity index is 899. The molecule has 152 valence electrons. The van der Waals surface area contributed by atoms with Crippen molar-refractivity contribution < 1.29 is 13.2 Å². The lowest BCUT2D eigenvalue weighted by atomic mass is 9.79. The Morgan fingerprint density at radius 2 is 1.93 bits per heavy atom. The van der Waals surface area contributed by atoms with Gasteiger partial charge in [-0.25, -0.2) is 13.1 Å². The molecule has 2 saturated carbocycles. The lowest BCUT2D eigenvalue weighted by molar-refractivity contribution is 0.0186. The summed E-state index contributed by atoms with van der Waals surface area (Å²) in [5, 5.41) is 0. The van der Waals surface area contributed by atoms with Crippen LogP contribution in [0.25, 0.3) is 0 Å². The van der Waals surface area contributed by atoms with Gasteiger partial charge in [0, 0.05) is 11.5 Å². The van der Waals surface area contributed by atoms with Crippen molar-refractivity contribution in [3.05, 3.63) is 52.4 Å². The number of benzene rings is 1. The van der Waals surface area contributed by atoms with Crippen molar-refractivity contribution >= 4 is 33.0 Å². The molecule has 2 aliphatic rings. The molecule has 7 heteroatoms. The standard InChI is InChI=1S/C21H26ClNO3S2/c22-18-9-10-19(27-18)28(24,25)23-20-17-8-4-5-12-21(20,13-11-17)15-26-14-16-6-2-1-3-7-16/h1-3,6-7,9-10,17,20,23H,4-5,8,11-15H2. The Balaban J connectivity index is 1.51. The van der Waals surface area contributed by atoms with Crippen LogP contribution in [0, 0.1) is 11.3 Å². The molecule has 0 amide bonds. The van der Waals surface area contributed by atoms with Crippen molar-refractivity contribution in [3.8, 4) is 0 Å². The highest BCUT2D eigenvalue weighted by molar-refractivity contribution is 7.91. The first-order valence-electron chi connectivity index (χ1n) is 9.88. The summed E-state index contributed by atoms with van der Waals surface area (Å²) in [5.41, 5.74) is 1.02. The van der Waals surface area contributed by atoms with Gasteiger partial charge < -0.3 is 4.74 Å². The molecule has 3 unspecified atom stereocenters. The second kappa shape index (κ2) is 8.44. The van der Waals surface area contributed by atoms with Crippen molar-refractivity contribution in [3.63, 3.8) is 0 Å². The Hall–Kier alpha value is -0.920. The number of halogens is 1. The number of ether oxygens (including phenoxy) is 1. The van der Waals surface area contributed by atoms with Crippen LogP contribution in [0.15, 0.2) is 46.7 Å². The van der Waals surface area contributed by atoms with Gasteiger partial charge in [-0.3, -0.25) is 0 Å². The van der Waals surface area contributed by atoms with Crippen LogP contribution >= 0.6 is 22.9 Å². The molecule has 0 spiro atoms. The van der Waals surface area contributed by atoms with E-state index in [1.807, 2.05) is 18.2 Å². The predicted octanol–water partition coefficient (Wildman–Crippen LogP) is 5.24. The second-order valence-electron chi connectivity index (χ2n) is 8.04. The van der Waals surface area contributed by atoms with Crippen molar-refractivity contribution in [1.29, 1.82) is 0 Å². The van der Waals surface area contributed by atoms with E-state index in [9.17, 15) is 8.42 Å². The van der Waals surface area contributed by atoms with Gasteiger partial charge in [0.2, 0.25) is 10.0 Å². The first-order chi connectivity index (χ1) is 13.5. The highest BCUT2D eigenvalue weighted by atomic mass is 35.5. The average molecular weight is 440 g/mol. The fraction of sp³-hybridized carbons (Fsp3) is 0.524. The number of thiophene rings is 1. The fourth-order valence-electron chi connectivity index (χ4n) is 4.84. The molecule has 0 aliphatic heterocycles. The van der Waals surface area contributed by atoms with Crippen molar-refractivity contribution in [2.24, 2.45) is 11.3 Å². The van der Waals surface area contributed by atoms with Gasteiger partial charge in [0.05, 0.1) is 17.6 Å². The topological polar surface area (TPSA) is 55.4 Å². The average Bonchev–Trinajstić information content (AvgIpc) is 3.19. The lowest BCUT2D eigenvalue weighted by Gasteiger charge is -2.36. The molecule has 0 radical (unpaired) electrons. The third kappa shape index (κ3) is 4.31. The second-order valence-corrected chi connectivity index (χ2v) is 11.7. The fourth-order valence-corrected chi connectivity index (χ4v) is 7.75. The maximum atomic E-state index is 13.0. The highest BCUT2D eigenvalue weighted by Crippen LogP contribution is 2.50. The summed E-state index contributed by atoms with van der Waals surface area (Å²) in [4.78, 5) is 0. The number of rotatable bonds is 7. The first kappa shape index (κ1) is 20.4. The monoisotopic (exact) mass is 439 g/mol. The number of sulfonamides is 1. The van der Waals surface area contributed by atoms with Crippen LogP contribution in [0.1, 0.15) is 44.1 Å². The Morgan fingerprint density at radius 3 is 2.68 bits per heavy atom. The van der Waals surface area contributed by atoms with E-state index < -0.39 is 10.0 Å². The van der Waals surface area contributed by atoms with E-state index in [1.165, 1.54) is 0 Å². The summed E-state index contributed by atoms with van der Waals surface area (Å²) in [6.07, 6.45) is 6.47. The number of nitrogens with one attached hydrogen (secondary N) is 1. The first-order valence-corrected chi connectivity index (χ1v) is 12.6. The zero-order valence-corrected chi connectivity index (χ0v) is 18.2. The van der Waals surface area contributed by atoms with Gasteiger partial charge in [0.25, 0.3) is 0 Å². The molecule has 2 bridgehead atoms. The maximum absolute atomic E-state index is 13.0. The molecule has 28 heavy (non-hydrogen) atoms. The van der Waals surface area contributed by atoms with Crippen LogP contribution in [-0.4, -0.2) is 21.1 Å². The molecule has 1 aromatic heterocycles. The molecular weight excluding hydrogens is 414 g/mol. The third-order valence-corrected chi connectivity index (χ3v) is 9.40. The molecule has 2 aliphatic carbocycles. The zero-order chi connectivity index (χ0) is 19.6. The van der Waals surface area contributed by atoms with E-state index >= 15 is 0 Å². The molecule has 3 atom stereocenters. The zero-order valence-electron chi connectivity index (χ0n) is 15.8. The van der Waals surface area contributed by atoms with Crippen LogP contribution in [0.2, 0.25) is 4.34 Å². The molecule has 4 rings (SSSR count). The summed E-state index contributed by atoms with van der Waals surface area (Å²) >= 11 is 7.07. The van der Waals surface area contributed by atoms with E-state index in [0.717, 1.165) is 55.4 Å². The van der Waals surface area contributed by atoms with Gasteiger partial charge in [-0.1, -0.05) is 54.8 Å². The Kier molecular flexibility index (Phi) is 6.14.